The fraction of sp³-hybridized carbons (Fsp3) is 0.375. The molecule has 0 fully saturated rings. The second kappa shape index (κ2) is 14.7. The van der Waals surface area contributed by atoms with E-state index < -0.39 is 28.5 Å². The summed E-state index contributed by atoms with van der Waals surface area (Å²) in [4.78, 5) is 28.6. The molecular formula is C32H41N3O5S. The number of hydrogen-bond donors (Lipinski definition) is 1. The Labute approximate surface area is 244 Å². The van der Waals surface area contributed by atoms with E-state index in [2.05, 4.69) is 5.32 Å². The molecule has 0 saturated carbocycles. The van der Waals surface area contributed by atoms with Gasteiger partial charge in [-0.1, -0.05) is 55.3 Å². The molecule has 1 unspecified atom stereocenters. The van der Waals surface area contributed by atoms with Crippen molar-refractivity contribution in [3.8, 4) is 5.75 Å². The van der Waals surface area contributed by atoms with Crippen LogP contribution in [0.5, 0.6) is 5.75 Å². The molecule has 0 aliphatic heterocycles. The Bertz CT molecular complexity index is 1410. The maximum Gasteiger partial charge on any atom is 0.264 e. The summed E-state index contributed by atoms with van der Waals surface area (Å²) in [5, 5.41) is 2.91. The number of carbonyl (C=O) groups is 2. The van der Waals surface area contributed by atoms with Crippen LogP contribution in [0.25, 0.3) is 0 Å². The molecule has 0 aliphatic carbocycles. The molecule has 0 saturated heterocycles. The number of ether oxygens (including phenoxy) is 1. The van der Waals surface area contributed by atoms with Crippen molar-refractivity contribution < 1.29 is 22.7 Å². The Kier molecular flexibility index (Phi) is 11.3. The summed E-state index contributed by atoms with van der Waals surface area (Å²) in [6.07, 6.45) is 1.75. The molecule has 0 aromatic heterocycles. The van der Waals surface area contributed by atoms with Crippen LogP contribution in [0.4, 0.5) is 5.69 Å². The average Bonchev–Trinajstić information content (AvgIpc) is 2.96. The standard InChI is InChI=1S/C32H41N3O5S/c1-6-8-21-33-32(37)26(5)34(22-27-12-10-9-11-25(27)4)31(36)23-35(28-15-13-24(3)14-16-28)41(38,39)30-19-17-29(18-20-30)40-7-2/h9-20,26H,6-8,21-23H2,1-5H3,(H,33,37). The van der Waals surface area contributed by atoms with Gasteiger partial charge in [-0.3, -0.25) is 13.9 Å². The van der Waals surface area contributed by atoms with Gasteiger partial charge in [-0.25, -0.2) is 8.42 Å². The summed E-state index contributed by atoms with van der Waals surface area (Å²) in [5.41, 5.74) is 3.16. The van der Waals surface area contributed by atoms with Gasteiger partial charge in [0.2, 0.25) is 11.8 Å². The number of nitrogens with zero attached hydrogens (tertiary/aromatic N) is 2. The number of unbranched alkanes of at least 4 members (excludes halogenated alkanes) is 1. The Morgan fingerprint density at radius 1 is 0.927 bits per heavy atom. The number of anilines is 1. The first-order chi connectivity index (χ1) is 19.6. The zero-order valence-corrected chi connectivity index (χ0v) is 25.4. The quantitative estimate of drug-likeness (QED) is 0.264. The zero-order chi connectivity index (χ0) is 30.0. The van der Waals surface area contributed by atoms with E-state index in [1.54, 1.807) is 43.3 Å². The number of carbonyl (C=O) groups excluding carboxylic acids is 2. The van der Waals surface area contributed by atoms with Gasteiger partial charge in [-0.15, -0.1) is 0 Å². The zero-order valence-electron chi connectivity index (χ0n) is 24.6. The number of hydrogen-bond acceptors (Lipinski definition) is 5. The third kappa shape index (κ3) is 8.33. The van der Waals surface area contributed by atoms with Crippen molar-refractivity contribution in [3.05, 3.63) is 89.5 Å². The summed E-state index contributed by atoms with van der Waals surface area (Å²) in [6.45, 7) is 10.1. The van der Waals surface area contributed by atoms with Gasteiger partial charge in [0.25, 0.3) is 10.0 Å². The lowest BCUT2D eigenvalue weighted by atomic mass is 10.1. The third-order valence-corrected chi connectivity index (χ3v) is 8.71. The van der Waals surface area contributed by atoms with Crippen molar-refractivity contribution in [1.82, 2.24) is 10.2 Å². The average molecular weight is 580 g/mol. The van der Waals surface area contributed by atoms with Crippen LogP contribution in [0.2, 0.25) is 0 Å². The van der Waals surface area contributed by atoms with Crippen LogP contribution in [-0.2, 0) is 26.2 Å². The van der Waals surface area contributed by atoms with E-state index in [4.69, 9.17) is 4.74 Å². The molecule has 220 valence electrons. The van der Waals surface area contributed by atoms with E-state index in [-0.39, 0.29) is 17.3 Å². The smallest absolute Gasteiger partial charge is 0.264 e. The van der Waals surface area contributed by atoms with Gasteiger partial charge in [-0.2, -0.15) is 0 Å². The Hall–Kier alpha value is -3.85. The molecule has 0 spiro atoms. The van der Waals surface area contributed by atoms with E-state index in [1.807, 2.05) is 52.0 Å². The monoisotopic (exact) mass is 579 g/mol. The maximum absolute atomic E-state index is 14.0. The molecule has 9 heteroatoms. The predicted molar refractivity (Wildman–Crippen MR) is 162 cm³/mol. The molecular weight excluding hydrogens is 538 g/mol. The molecule has 2 amide bonds. The van der Waals surface area contributed by atoms with Crippen molar-refractivity contribution in [2.75, 3.05) is 24.0 Å². The van der Waals surface area contributed by atoms with Crippen LogP contribution < -0.4 is 14.4 Å². The summed E-state index contributed by atoms with van der Waals surface area (Å²) >= 11 is 0. The number of amides is 2. The minimum atomic E-state index is -4.14. The van der Waals surface area contributed by atoms with Crippen molar-refractivity contribution in [1.29, 1.82) is 0 Å². The molecule has 3 aromatic rings. The van der Waals surface area contributed by atoms with Crippen molar-refractivity contribution in [3.63, 3.8) is 0 Å². The fourth-order valence-electron chi connectivity index (χ4n) is 4.33. The summed E-state index contributed by atoms with van der Waals surface area (Å²) < 4.78 is 34.5. The van der Waals surface area contributed by atoms with Crippen LogP contribution in [0, 0.1) is 13.8 Å². The van der Waals surface area contributed by atoms with Gasteiger partial charge in [0.15, 0.2) is 0 Å². The van der Waals surface area contributed by atoms with E-state index in [9.17, 15) is 18.0 Å². The number of sulfonamides is 1. The lowest BCUT2D eigenvalue weighted by Crippen LogP contribution is -2.51. The molecule has 0 aliphatic rings. The van der Waals surface area contributed by atoms with Crippen molar-refractivity contribution in [2.45, 2.75) is 64.9 Å². The highest BCUT2D eigenvalue weighted by atomic mass is 32.2. The molecule has 0 radical (unpaired) electrons. The van der Waals surface area contributed by atoms with Crippen molar-refractivity contribution in [2.24, 2.45) is 0 Å². The first-order valence-electron chi connectivity index (χ1n) is 14.0. The van der Waals surface area contributed by atoms with Gasteiger partial charge < -0.3 is 15.0 Å². The highest BCUT2D eigenvalue weighted by Crippen LogP contribution is 2.26. The SMILES string of the molecule is CCCCNC(=O)C(C)N(Cc1ccccc1C)C(=O)CN(c1ccc(C)cc1)S(=O)(=O)c1ccc(OCC)cc1. The third-order valence-electron chi connectivity index (χ3n) is 6.92. The lowest BCUT2D eigenvalue weighted by molar-refractivity contribution is -0.139. The number of nitrogens with one attached hydrogen (secondary N) is 1. The second-order valence-electron chi connectivity index (χ2n) is 10.0. The highest BCUT2D eigenvalue weighted by Gasteiger charge is 2.32. The van der Waals surface area contributed by atoms with Gasteiger partial charge in [0.05, 0.1) is 17.2 Å². The molecule has 1 atom stereocenters. The van der Waals surface area contributed by atoms with E-state index in [1.165, 1.54) is 17.0 Å². The Morgan fingerprint density at radius 2 is 1.59 bits per heavy atom. The van der Waals surface area contributed by atoms with Gasteiger partial charge in [0.1, 0.15) is 18.3 Å². The molecule has 0 bridgehead atoms. The second-order valence-corrected chi connectivity index (χ2v) is 11.9. The Balaban J connectivity index is 2.00. The molecule has 8 nitrogen and oxygen atoms in total. The first kappa shape index (κ1) is 31.7. The van der Waals surface area contributed by atoms with Gasteiger partial charge >= 0.3 is 0 Å². The molecule has 41 heavy (non-hydrogen) atoms. The summed E-state index contributed by atoms with van der Waals surface area (Å²) in [7, 11) is -4.14. The number of rotatable bonds is 14. The predicted octanol–water partition coefficient (Wildman–Crippen LogP) is 5.23. The molecule has 1 N–H and O–H groups in total. The molecule has 3 aromatic carbocycles. The minimum absolute atomic E-state index is 0.0325. The van der Waals surface area contributed by atoms with E-state index in [0.717, 1.165) is 33.8 Å². The summed E-state index contributed by atoms with van der Waals surface area (Å²) in [5.74, 6) is -0.213. The normalized spacial score (nSPS) is 11.9. The first-order valence-corrected chi connectivity index (χ1v) is 15.5. The van der Waals surface area contributed by atoms with Gasteiger partial charge in [0, 0.05) is 13.1 Å². The van der Waals surface area contributed by atoms with Crippen LogP contribution >= 0.6 is 0 Å². The van der Waals surface area contributed by atoms with Crippen LogP contribution in [0.3, 0.4) is 0 Å². The van der Waals surface area contributed by atoms with Gasteiger partial charge in [-0.05, 0) is 81.6 Å². The van der Waals surface area contributed by atoms with E-state index >= 15 is 0 Å². The molecule has 0 heterocycles. The largest absolute Gasteiger partial charge is 0.494 e. The minimum Gasteiger partial charge on any atom is -0.494 e. The van der Waals surface area contributed by atoms with Crippen LogP contribution in [0.1, 0.15) is 50.3 Å². The van der Waals surface area contributed by atoms with Crippen LogP contribution in [-0.4, -0.2) is 50.9 Å². The van der Waals surface area contributed by atoms with E-state index in [0.29, 0.717) is 24.6 Å². The Morgan fingerprint density at radius 3 is 2.20 bits per heavy atom. The fourth-order valence-corrected chi connectivity index (χ4v) is 5.75. The maximum atomic E-state index is 14.0. The topological polar surface area (TPSA) is 96.0 Å². The molecule has 3 rings (SSSR count). The van der Waals surface area contributed by atoms with Crippen LogP contribution in [0.15, 0.2) is 77.7 Å². The van der Waals surface area contributed by atoms with Crippen molar-refractivity contribution >= 4 is 27.5 Å². The number of benzene rings is 3. The lowest BCUT2D eigenvalue weighted by Gasteiger charge is -2.32. The summed E-state index contributed by atoms with van der Waals surface area (Å²) in [6, 6.07) is 19.9. The highest BCUT2D eigenvalue weighted by molar-refractivity contribution is 7.92. The number of aryl methyl sites for hydroxylation is 2.